The minimum atomic E-state index is -4.62. The summed E-state index contributed by atoms with van der Waals surface area (Å²) in [6.45, 7) is 0. The van der Waals surface area contributed by atoms with Gasteiger partial charge >= 0.3 is 6.18 Å². The number of nitrogens with zero attached hydrogens (tertiary/aromatic N) is 1. The van der Waals surface area contributed by atoms with Gasteiger partial charge < -0.3 is 5.32 Å². The molecule has 0 amide bonds. The Hall–Kier alpha value is -2.61. The summed E-state index contributed by atoms with van der Waals surface area (Å²) in [5.74, 6) is 0. The molecule has 8 heteroatoms. The van der Waals surface area contributed by atoms with Crippen LogP contribution < -0.4 is 5.32 Å². The summed E-state index contributed by atoms with van der Waals surface area (Å²) in [4.78, 5) is 3.71. The molecule has 0 saturated heterocycles. The maximum absolute atomic E-state index is 12.9. The van der Waals surface area contributed by atoms with Crippen LogP contribution in [0.4, 0.5) is 24.5 Å². The average molecular weight is 350 g/mol. The predicted molar refractivity (Wildman–Crippen MR) is 81.9 cm³/mol. The standard InChI is InChI=1S/C16H9F3N2O2S/c17-16(18,19)10-4-5-11-13(8-10)24(22,23)12-6-3-9-2-1-7-20-14(9)15(12)21-11/h1-8,21H. The van der Waals surface area contributed by atoms with Crippen LogP contribution in [-0.2, 0) is 16.0 Å². The van der Waals surface area contributed by atoms with Crippen molar-refractivity contribution < 1.29 is 21.6 Å². The second-order valence-electron chi connectivity index (χ2n) is 5.35. The minimum absolute atomic E-state index is 0.0828. The number of pyridine rings is 1. The Morgan fingerprint density at radius 3 is 2.54 bits per heavy atom. The van der Waals surface area contributed by atoms with E-state index in [1.54, 1.807) is 18.2 Å². The van der Waals surface area contributed by atoms with Gasteiger partial charge in [0.25, 0.3) is 0 Å². The maximum atomic E-state index is 12.9. The van der Waals surface area contributed by atoms with Gasteiger partial charge in [-0.3, -0.25) is 4.98 Å². The van der Waals surface area contributed by atoms with Gasteiger partial charge in [0.05, 0.1) is 32.2 Å². The van der Waals surface area contributed by atoms with Gasteiger partial charge in [-0.15, -0.1) is 0 Å². The first-order valence-corrected chi connectivity index (χ1v) is 8.38. The van der Waals surface area contributed by atoms with E-state index in [4.69, 9.17) is 0 Å². The third kappa shape index (κ3) is 2.06. The molecule has 1 aliphatic rings. The first-order chi connectivity index (χ1) is 11.3. The summed E-state index contributed by atoms with van der Waals surface area (Å²) >= 11 is 0. The lowest BCUT2D eigenvalue weighted by Crippen LogP contribution is -2.16. The zero-order chi connectivity index (χ0) is 17.1. The van der Waals surface area contributed by atoms with Crippen LogP contribution in [0.5, 0.6) is 0 Å². The quantitative estimate of drug-likeness (QED) is 0.518. The zero-order valence-electron chi connectivity index (χ0n) is 11.9. The normalized spacial score (nSPS) is 15.5. The number of hydrogen-bond acceptors (Lipinski definition) is 4. The Balaban J connectivity index is 2.01. The molecule has 3 aromatic rings. The highest BCUT2D eigenvalue weighted by Gasteiger charge is 2.36. The summed E-state index contributed by atoms with van der Waals surface area (Å²) < 4.78 is 64.2. The molecule has 2 heterocycles. The molecule has 1 aromatic heterocycles. The van der Waals surface area contributed by atoms with Crippen LogP contribution in [0.1, 0.15) is 5.56 Å². The van der Waals surface area contributed by atoms with Crippen molar-refractivity contribution in [2.24, 2.45) is 0 Å². The molecular formula is C16H9F3N2O2S. The molecule has 0 spiro atoms. The fourth-order valence-electron chi connectivity index (χ4n) is 2.75. The van der Waals surface area contributed by atoms with Gasteiger partial charge in [-0.05, 0) is 30.3 Å². The predicted octanol–water partition coefficient (Wildman–Crippen LogP) is 4.14. The van der Waals surface area contributed by atoms with E-state index in [0.717, 1.165) is 17.5 Å². The molecule has 0 fully saturated rings. The second-order valence-corrected chi connectivity index (χ2v) is 7.24. The van der Waals surface area contributed by atoms with Crippen LogP contribution in [0.25, 0.3) is 10.9 Å². The third-order valence-electron chi connectivity index (χ3n) is 3.88. The molecule has 1 aliphatic heterocycles. The van der Waals surface area contributed by atoms with E-state index >= 15 is 0 Å². The van der Waals surface area contributed by atoms with Gasteiger partial charge in [0.15, 0.2) is 0 Å². The Kier molecular flexibility index (Phi) is 2.93. The van der Waals surface area contributed by atoms with Crippen molar-refractivity contribution in [3.63, 3.8) is 0 Å². The lowest BCUT2D eigenvalue weighted by atomic mass is 10.1. The molecule has 4 nitrogen and oxygen atoms in total. The van der Waals surface area contributed by atoms with Gasteiger partial charge in [0, 0.05) is 11.6 Å². The van der Waals surface area contributed by atoms with Crippen LogP contribution in [0.2, 0.25) is 0 Å². The van der Waals surface area contributed by atoms with Crippen LogP contribution >= 0.6 is 0 Å². The number of anilines is 2. The van der Waals surface area contributed by atoms with Crippen molar-refractivity contribution in [2.45, 2.75) is 16.0 Å². The van der Waals surface area contributed by atoms with Crippen LogP contribution in [0.15, 0.2) is 58.5 Å². The van der Waals surface area contributed by atoms with E-state index in [9.17, 15) is 21.6 Å². The number of sulfone groups is 1. The molecule has 24 heavy (non-hydrogen) atoms. The number of nitrogens with one attached hydrogen (secondary N) is 1. The second kappa shape index (κ2) is 4.70. The first kappa shape index (κ1) is 14.9. The number of benzene rings is 2. The first-order valence-electron chi connectivity index (χ1n) is 6.89. The van der Waals surface area contributed by atoms with E-state index in [1.807, 2.05) is 0 Å². The summed E-state index contributed by atoms with van der Waals surface area (Å²) in [6.07, 6.45) is -3.09. The fraction of sp³-hybridized carbons (Fsp3) is 0.0625. The van der Waals surface area contributed by atoms with Crippen LogP contribution in [0.3, 0.4) is 0 Å². The van der Waals surface area contributed by atoms with Gasteiger partial charge in [0.1, 0.15) is 0 Å². The van der Waals surface area contributed by atoms with Crippen molar-refractivity contribution in [1.82, 2.24) is 4.98 Å². The smallest absolute Gasteiger partial charge is 0.352 e. The molecule has 4 rings (SSSR count). The summed E-state index contributed by atoms with van der Waals surface area (Å²) in [5, 5.41) is 3.64. The van der Waals surface area contributed by atoms with Crippen molar-refractivity contribution in [2.75, 3.05) is 5.32 Å². The van der Waals surface area contributed by atoms with Crippen LogP contribution in [-0.4, -0.2) is 13.4 Å². The SMILES string of the molecule is O=S1(=O)c2cc(C(F)(F)F)ccc2Nc2c1ccc1cccnc21. The number of halogens is 3. The zero-order valence-corrected chi connectivity index (χ0v) is 12.7. The van der Waals surface area contributed by atoms with Gasteiger partial charge in [-0.2, -0.15) is 13.2 Å². The van der Waals surface area contributed by atoms with E-state index in [1.165, 1.54) is 12.3 Å². The van der Waals surface area contributed by atoms with Crippen molar-refractivity contribution in [3.05, 3.63) is 54.2 Å². The average Bonchev–Trinajstić information content (AvgIpc) is 2.53. The van der Waals surface area contributed by atoms with Crippen molar-refractivity contribution >= 4 is 32.1 Å². The lowest BCUT2D eigenvalue weighted by Gasteiger charge is -2.23. The lowest BCUT2D eigenvalue weighted by molar-refractivity contribution is -0.137. The number of aromatic nitrogens is 1. The van der Waals surface area contributed by atoms with E-state index in [0.29, 0.717) is 11.6 Å². The van der Waals surface area contributed by atoms with E-state index in [-0.39, 0.29) is 21.2 Å². The number of hydrogen-bond donors (Lipinski definition) is 1. The molecule has 0 bridgehead atoms. The molecule has 0 unspecified atom stereocenters. The summed E-state index contributed by atoms with van der Waals surface area (Å²) in [7, 11) is -4.08. The molecule has 122 valence electrons. The van der Waals surface area contributed by atoms with Gasteiger partial charge in [-0.1, -0.05) is 12.1 Å². The monoisotopic (exact) mass is 350 g/mol. The molecule has 0 saturated carbocycles. The maximum Gasteiger partial charge on any atom is 0.416 e. The highest BCUT2D eigenvalue weighted by Crippen LogP contribution is 2.44. The topological polar surface area (TPSA) is 59.1 Å². The van der Waals surface area contributed by atoms with E-state index < -0.39 is 21.6 Å². The molecular weight excluding hydrogens is 341 g/mol. The number of rotatable bonds is 0. The molecule has 0 aliphatic carbocycles. The van der Waals surface area contributed by atoms with Crippen LogP contribution in [0, 0.1) is 0 Å². The highest BCUT2D eigenvalue weighted by atomic mass is 32.2. The molecule has 0 atom stereocenters. The molecule has 0 radical (unpaired) electrons. The Labute approximate surface area is 134 Å². The molecule has 2 aromatic carbocycles. The largest absolute Gasteiger partial charge is 0.416 e. The van der Waals surface area contributed by atoms with Gasteiger partial charge in [0.2, 0.25) is 9.84 Å². The highest BCUT2D eigenvalue weighted by molar-refractivity contribution is 7.92. The third-order valence-corrected chi connectivity index (χ3v) is 5.72. The van der Waals surface area contributed by atoms with Crippen molar-refractivity contribution in [1.29, 1.82) is 0 Å². The molecule has 1 N–H and O–H groups in total. The Bertz CT molecular complexity index is 1090. The van der Waals surface area contributed by atoms with Gasteiger partial charge in [-0.25, -0.2) is 8.42 Å². The number of alkyl halides is 3. The minimum Gasteiger partial charge on any atom is -0.352 e. The summed E-state index contributed by atoms with van der Waals surface area (Å²) in [6, 6.07) is 9.09. The number of fused-ring (bicyclic) bond motifs is 4. The fourth-order valence-corrected chi connectivity index (χ4v) is 4.34. The Morgan fingerprint density at radius 1 is 1.00 bits per heavy atom. The Morgan fingerprint density at radius 2 is 1.79 bits per heavy atom. The van der Waals surface area contributed by atoms with E-state index in [2.05, 4.69) is 10.3 Å². The summed E-state index contributed by atoms with van der Waals surface area (Å²) in [5.41, 5.74) is -0.174. The van der Waals surface area contributed by atoms with Crippen molar-refractivity contribution in [3.8, 4) is 0 Å².